The van der Waals surface area contributed by atoms with Gasteiger partial charge in [0, 0.05) is 12.8 Å². The highest BCUT2D eigenvalue weighted by Crippen LogP contribution is 2.12. The van der Waals surface area contributed by atoms with Crippen LogP contribution in [0.4, 0.5) is 0 Å². The maximum Gasteiger partial charge on any atom is 0.372 e. The van der Waals surface area contributed by atoms with Gasteiger partial charge in [0.25, 0.3) is 0 Å². The smallest absolute Gasteiger partial charge is 0.372 e. The molecule has 0 amide bonds. The number of carboxylic acid groups (broad SMARTS) is 2. The van der Waals surface area contributed by atoms with Gasteiger partial charge in [-0.05, 0) is 18.8 Å². The third-order valence-electron chi connectivity index (χ3n) is 2.11. The first kappa shape index (κ1) is 14.3. The number of hydrogen-bond donors (Lipinski definition) is 2. The van der Waals surface area contributed by atoms with Crippen molar-refractivity contribution in [3.05, 3.63) is 0 Å². The van der Waals surface area contributed by atoms with Crippen molar-refractivity contribution in [1.29, 1.82) is 0 Å². The van der Waals surface area contributed by atoms with E-state index < -0.39 is 23.5 Å². The van der Waals surface area contributed by atoms with Gasteiger partial charge in [-0.1, -0.05) is 6.92 Å². The van der Waals surface area contributed by atoms with Crippen LogP contribution in [0.3, 0.4) is 0 Å². The van der Waals surface area contributed by atoms with Crippen LogP contribution in [-0.4, -0.2) is 33.7 Å². The van der Waals surface area contributed by atoms with Gasteiger partial charge >= 0.3 is 11.9 Å². The van der Waals surface area contributed by atoms with Crippen molar-refractivity contribution in [2.24, 2.45) is 5.92 Å². The lowest BCUT2D eigenvalue weighted by Gasteiger charge is -2.07. The third kappa shape index (κ3) is 5.90. The van der Waals surface area contributed by atoms with Gasteiger partial charge in [-0.2, -0.15) is 0 Å². The molecule has 1 atom stereocenters. The van der Waals surface area contributed by atoms with E-state index in [9.17, 15) is 19.2 Å². The number of carboxylic acids is 2. The van der Waals surface area contributed by atoms with E-state index in [4.69, 9.17) is 10.2 Å². The summed E-state index contributed by atoms with van der Waals surface area (Å²) < 4.78 is 0. The van der Waals surface area contributed by atoms with Crippen molar-refractivity contribution in [1.82, 2.24) is 0 Å². The van der Waals surface area contributed by atoms with Crippen LogP contribution in [-0.2, 0) is 19.2 Å². The van der Waals surface area contributed by atoms with Gasteiger partial charge in [-0.15, -0.1) is 0 Å². The summed E-state index contributed by atoms with van der Waals surface area (Å²) in [7, 11) is 0. The minimum atomic E-state index is -1.46. The first-order valence-electron chi connectivity index (χ1n) is 4.86. The summed E-state index contributed by atoms with van der Waals surface area (Å²) >= 11 is 0. The van der Waals surface area contributed by atoms with Crippen molar-refractivity contribution in [3.8, 4) is 0 Å². The normalized spacial score (nSPS) is 11.8. The molecule has 0 aromatic heterocycles. The predicted molar refractivity (Wildman–Crippen MR) is 52.9 cm³/mol. The van der Waals surface area contributed by atoms with Gasteiger partial charge in [-0.25, -0.2) is 9.59 Å². The fraction of sp³-hybridized carbons (Fsp3) is 0.600. The Morgan fingerprint density at radius 3 is 1.94 bits per heavy atom. The Kier molecular flexibility index (Phi) is 5.99. The molecule has 0 aliphatic heterocycles. The third-order valence-corrected chi connectivity index (χ3v) is 2.11. The molecule has 16 heavy (non-hydrogen) atoms. The number of hydrogen-bond acceptors (Lipinski definition) is 4. The average molecular weight is 230 g/mol. The number of aliphatic carboxylic acids is 2. The zero-order valence-electron chi connectivity index (χ0n) is 8.93. The van der Waals surface area contributed by atoms with Crippen molar-refractivity contribution in [2.75, 3.05) is 0 Å². The Morgan fingerprint density at radius 1 is 1.00 bits per heavy atom. The van der Waals surface area contributed by atoms with Crippen LogP contribution in [0.1, 0.15) is 32.6 Å². The monoisotopic (exact) mass is 230 g/mol. The predicted octanol–water partition coefficient (Wildman–Crippen LogP) is 0.490. The summed E-state index contributed by atoms with van der Waals surface area (Å²) in [5, 5.41) is 16.6. The highest BCUT2D eigenvalue weighted by molar-refractivity contribution is 6.33. The van der Waals surface area contributed by atoms with E-state index in [1.165, 1.54) is 0 Å². The first-order chi connectivity index (χ1) is 7.34. The minimum absolute atomic E-state index is 0.0824. The molecule has 0 fully saturated rings. The molecule has 0 aliphatic rings. The van der Waals surface area contributed by atoms with Crippen LogP contribution < -0.4 is 0 Å². The van der Waals surface area contributed by atoms with Crippen LogP contribution in [0.15, 0.2) is 0 Å². The SMILES string of the molecule is C[C@H](CCCC(=O)C(=O)O)CC(=O)C(=O)O. The van der Waals surface area contributed by atoms with Gasteiger partial charge in [0.2, 0.25) is 11.6 Å². The number of Topliss-reactive ketones (excluding diaryl/α,β-unsaturated/α-hetero) is 2. The van der Waals surface area contributed by atoms with Gasteiger partial charge in [0.15, 0.2) is 0 Å². The van der Waals surface area contributed by atoms with E-state index in [0.29, 0.717) is 12.8 Å². The Bertz CT molecular complexity index is 306. The molecule has 0 bridgehead atoms. The van der Waals surface area contributed by atoms with Crippen molar-refractivity contribution >= 4 is 23.5 Å². The second-order valence-electron chi connectivity index (χ2n) is 3.66. The molecule has 0 aliphatic carbocycles. The summed E-state index contributed by atoms with van der Waals surface area (Å²) in [6.07, 6.45) is 0.634. The van der Waals surface area contributed by atoms with Crippen molar-refractivity contribution in [2.45, 2.75) is 32.6 Å². The van der Waals surface area contributed by atoms with Crippen LogP contribution in [0.25, 0.3) is 0 Å². The standard InChI is InChI=1S/C10H14O6/c1-6(5-8(12)10(15)16)3-2-4-7(11)9(13)14/h6H,2-5H2,1H3,(H,13,14)(H,15,16)/t6-/m1/s1. The van der Waals surface area contributed by atoms with E-state index in [-0.39, 0.29) is 18.8 Å². The average Bonchev–Trinajstić information content (AvgIpc) is 2.16. The molecule has 0 saturated heterocycles. The molecule has 2 N–H and O–H groups in total. The molecular weight excluding hydrogens is 216 g/mol. The lowest BCUT2D eigenvalue weighted by Crippen LogP contribution is -2.16. The Balaban J connectivity index is 3.78. The molecular formula is C10H14O6. The summed E-state index contributed by atoms with van der Waals surface area (Å²) in [5.41, 5.74) is 0. The number of ketones is 2. The van der Waals surface area contributed by atoms with Gasteiger partial charge in [-0.3, -0.25) is 9.59 Å². The number of carbonyl (C=O) groups is 4. The second-order valence-corrected chi connectivity index (χ2v) is 3.66. The van der Waals surface area contributed by atoms with Crippen LogP contribution >= 0.6 is 0 Å². The topological polar surface area (TPSA) is 109 Å². The molecule has 0 aromatic rings. The van der Waals surface area contributed by atoms with E-state index in [0.717, 1.165) is 0 Å². The van der Waals surface area contributed by atoms with Crippen molar-refractivity contribution < 1.29 is 29.4 Å². The summed E-state index contributed by atoms with van der Waals surface area (Å²) in [5.74, 6) is -4.82. The molecule has 0 radical (unpaired) electrons. The van der Waals surface area contributed by atoms with E-state index in [1.54, 1.807) is 6.92 Å². The van der Waals surface area contributed by atoms with Crippen LogP contribution in [0.2, 0.25) is 0 Å². The molecule has 0 aromatic carbocycles. The summed E-state index contributed by atoms with van der Waals surface area (Å²) in [6, 6.07) is 0. The van der Waals surface area contributed by atoms with Crippen LogP contribution in [0, 0.1) is 5.92 Å². The maximum absolute atomic E-state index is 10.8. The fourth-order valence-corrected chi connectivity index (χ4v) is 1.22. The highest BCUT2D eigenvalue weighted by atomic mass is 16.4. The zero-order chi connectivity index (χ0) is 12.7. The van der Waals surface area contributed by atoms with E-state index >= 15 is 0 Å². The fourth-order valence-electron chi connectivity index (χ4n) is 1.22. The van der Waals surface area contributed by atoms with Gasteiger partial charge < -0.3 is 10.2 Å². The molecule has 0 saturated carbocycles. The molecule has 6 nitrogen and oxygen atoms in total. The Labute approximate surface area is 92.3 Å². The first-order valence-corrected chi connectivity index (χ1v) is 4.86. The molecule has 0 heterocycles. The van der Waals surface area contributed by atoms with Gasteiger partial charge in [0.05, 0.1) is 0 Å². The van der Waals surface area contributed by atoms with Gasteiger partial charge in [0.1, 0.15) is 0 Å². The molecule has 0 unspecified atom stereocenters. The minimum Gasteiger partial charge on any atom is -0.476 e. The maximum atomic E-state index is 10.8. The highest BCUT2D eigenvalue weighted by Gasteiger charge is 2.16. The Hall–Kier alpha value is -1.72. The molecule has 6 heteroatoms. The molecule has 90 valence electrons. The number of rotatable bonds is 8. The summed E-state index contributed by atoms with van der Waals surface area (Å²) in [6.45, 7) is 1.69. The van der Waals surface area contributed by atoms with Crippen molar-refractivity contribution in [3.63, 3.8) is 0 Å². The van der Waals surface area contributed by atoms with Crippen LogP contribution in [0.5, 0.6) is 0 Å². The van der Waals surface area contributed by atoms with E-state index in [2.05, 4.69) is 0 Å². The lowest BCUT2D eigenvalue weighted by molar-refractivity contribution is -0.149. The lowest BCUT2D eigenvalue weighted by atomic mass is 9.97. The largest absolute Gasteiger partial charge is 0.476 e. The van der Waals surface area contributed by atoms with E-state index in [1.807, 2.05) is 0 Å². The molecule has 0 rings (SSSR count). The number of carbonyl (C=O) groups excluding carboxylic acids is 2. The zero-order valence-corrected chi connectivity index (χ0v) is 8.93. The summed E-state index contributed by atoms with van der Waals surface area (Å²) in [4.78, 5) is 41.9. The molecule has 0 spiro atoms. The Morgan fingerprint density at radius 2 is 1.50 bits per heavy atom. The quantitative estimate of drug-likeness (QED) is 0.587. The second kappa shape index (κ2) is 6.71.